The third kappa shape index (κ3) is 2.73. The lowest BCUT2D eigenvalue weighted by atomic mass is 10.2. The molecule has 0 spiro atoms. The van der Waals surface area contributed by atoms with Crippen LogP contribution in [0.2, 0.25) is 0 Å². The molecule has 0 aromatic rings. The van der Waals surface area contributed by atoms with Gasteiger partial charge in [0.25, 0.3) is 0 Å². The molecule has 1 saturated heterocycles. The van der Waals surface area contributed by atoms with Crippen LogP contribution in [0.25, 0.3) is 0 Å². The van der Waals surface area contributed by atoms with Gasteiger partial charge in [-0.3, -0.25) is 9.69 Å². The normalized spacial score (nSPS) is 26.8. The molecular weight excluding hydrogens is 202 g/mol. The summed E-state index contributed by atoms with van der Waals surface area (Å²) in [5.41, 5.74) is 0. The van der Waals surface area contributed by atoms with Gasteiger partial charge < -0.3 is 5.32 Å². The predicted molar refractivity (Wildman–Crippen MR) is 60.6 cm³/mol. The van der Waals surface area contributed by atoms with E-state index in [4.69, 9.17) is 5.26 Å². The molecule has 1 amide bonds. The summed E-state index contributed by atoms with van der Waals surface area (Å²) in [7, 11) is 0. The number of carbonyl (C=O) groups excluding carboxylic acids is 1. The third-order valence-electron chi connectivity index (χ3n) is 3.67. The number of hydrogen-bond donors (Lipinski definition) is 1. The monoisotopic (exact) mass is 221 g/mol. The highest BCUT2D eigenvalue weighted by Crippen LogP contribution is 2.26. The summed E-state index contributed by atoms with van der Waals surface area (Å²) in [6.45, 7) is 2.07. The summed E-state index contributed by atoms with van der Waals surface area (Å²) < 4.78 is 0. The molecule has 4 heteroatoms. The zero-order chi connectivity index (χ0) is 11.4. The van der Waals surface area contributed by atoms with Crippen LogP contribution in [-0.2, 0) is 4.79 Å². The van der Waals surface area contributed by atoms with Crippen LogP contribution in [0.4, 0.5) is 0 Å². The standard InChI is InChI=1S/C12H19N3O/c13-7-5-12(16)14-10-6-8-15(9-10)11-3-1-2-4-11/h10-11H,1-6,8-9H2,(H,14,16). The Morgan fingerprint density at radius 3 is 2.81 bits per heavy atom. The van der Waals surface area contributed by atoms with E-state index in [2.05, 4.69) is 10.2 Å². The van der Waals surface area contributed by atoms with Gasteiger partial charge in [-0.05, 0) is 19.3 Å². The molecule has 1 atom stereocenters. The van der Waals surface area contributed by atoms with Crippen molar-refractivity contribution in [1.29, 1.82) is 5.26 Å². The van der Waals surface area contributed by atoms with Crippen LogP contribution in [0.15, 0.2) is 0 Å². The Morgan fingerprint density at radius 2 is 2.12 bits per heavy atom. The number of nitrogens with one attached hydrogen (secondary N) is 1. The molecule has 1 aliphatic heterocycles. The van der Waals surface area contributed by atoms with Gasteiger partial charge in [-0.25, -0.2) is 0 Å². The van der Waals surface area contributed by atoms with E-state index in [1.165, 1.54) is 25.7 Å². The van der Waals surface area contributed by atoms with Gasteiger partial charge >= 0.3 is 0 Å². The highest BCUT2D eigenvalue weighted by Gasteiger charge is 2.30. The van der Waals surface area contributed by atoms with E-state index in [0.29, 0.717) is 0 Å². The fourth-order valence-corrected chi connectivity index (χ4v) is 2.86. The number of nitriles is 1. The van der Waals surface area contributed by atoms with E-state index in [-0.39, 0.29) is 18.4 Å². The molecule has 1 saturated carbocycles. The van der Waals surface area contributed by atoms with Crippen molar-refractivity contribution in [2.45, 2.75) is 50.6 Å². The lowest BCUT2D eigenvalue weighted by Gasteiger charge is -2.23. The molecule has 88 valence electrons. The van der Waals surface area contributed by atoms with E-state index < -0.39 is 0 Å². The van der Waals surface area contributed by atoms with Crippen LogP contribution in [-0.4, -0.2) is 36.0 Å². The molecule has 1 aliphatic carbocycles. The molecule has 1 unspecified atom stereocenters. The van der Waals surface area contributed by atoms with Crippen molar-refractivity contribution in [2.24, 2.45) is 0 Å². The Kier molecular flexibility index (Phi) is 3.79. The van der Waals surface area contributed by atoms with E-state index in [9.17, 15) is 4.79 Å². The first-order chi connectivity index (χ1) is 7.79. The van der Waals surface area contributed by atoms with Gasteiger partial charge in [-0.1, -0.05) is 12.8 Å². The topological polar surface area (TPSA) is 56.1 Å². The minimum absolute atomic E-state index is 0.0140. The molecular formula is C12H19N3O. The molecule has 0 bridgehead atoms. The van der Waals surface area contributed by atoms with Gasteiger partial charge in [0.05, 0.1) is 6.07 Å². The molecule has 1 heterocycles. The smallest absolute Gasteiger partial charge is 0.234 e. The minimum atomic E-state index is -0.124. The van der Waals surface area contributed by atoms with Gasteiger partial charge in [-0.2, -0.15) is 5.26 Å². The highest BCUT2D eigenvalue weighted by atomic mass is 16.1. The average molecular weight is 221 g/mol. The Bertz CT molecular complexity index is 291. The summed E-state index contributed by atoms with van der Waals surface area (Å²) in [6, 6.07) is 2.90. The molecule has 2 fully saturated rings. The van der Waals surface area contributed by atoms with Crippen molar-refractivity contribution in [1.82, 2.24) is 10.2 Å². The van der Waals surface area contributed by atoms with Gasteiger partial charge in [0.1, 0.15) is 6.42 Å². The minimum Gasteiger partial charge on any atom is -0.351 e. The van der Waals surface area contributed by atoms with Crippen molar-refractivity contribution in [2.75, 3.05) is 13.1 Å². The largest absolute Gasteiger partial charge is 0.351 e. The number of carbonyl (C=O) groups is 1. The second-order valence-electron chi connectivity index (χ2n) is 4.82. The van der Waals surface area contributed by atoms with Crippen LogP contribution in [0.1, 0.15) is 38.5 Å². The van der Waals surface area contributed by atoms with Crippen molar-refractivity contribution in [3.05, 3.63) is 0 Å². The van der Waals surface area contributed by atoms with E-state index in [1.807, 2.05) is 6.07 Å². The summed E-state index contributed by atoms with van der Waals surface area (Å²) in [4.78, 5) is 13.8. The summed E-state index contributed by atoms with van der Waals surface area (Å²) >= 11 is 0. The Balaban J connectivity index is 1.75. The first-order valence-electron chi connectivity index (χ1n) is 6.20. The summed E-state index contributed by atoms with van der Waals surface area (Å²) in [5, 5.41) is 11.3. The van der Waals surface area contributed by atoms with Crippen molar-refractivity contribution in [3.63, 3.8) is 0 Å². The zero-order valence-corrected chi connectivity index (χ0v) is 9.61. The molecule has 4 nitrogen and oxygen atoms in total. The fraction of sp³-hybridized carbons (Fsp3) is 0.833. The van der Waals surface area contributed by atoms with Crippen molar-refractivity contribution in [3.8, 4) is 6.07 Å². The predicted octanol–water partition coefficient (Wildman–Crippen LogP) is 1.03. The molecule has 2 rings (SSSR count). The maximum absolute atomic E-state index is 11.3. The number of nitrogens with zero attached hydrogens (tertiary/aromatic N) is 2. The summed E-state index contributed by atoms with van der Waals surface area (Å²) in [5.74, 6) is -0.124. The van der Waals surface area contributed by atoms with E-state index in [1.54, 1.807) is 0 Å². The van der Waals surface area contributed by atoms with Crippen LogP contribution in [0.5, 0.6) is 0 Å². The number of likely N-dealkylation sites (tertiary alicyclic amines) is 1. The molecule has 16 heavy (non-hydrogen) atoms. The quantitative estimate of drug-likeness (QED) is 0.774. The fourth-order valence-electron chi connectivity index (χ4n) is 2.86. The van der Waals surface area contributed by atoms with Crippen molar-refractivity contribution >= 4 is 5.91 Å². The first-order valence-corrected chi connectivity index (χ1v) is 6.20. The second kappa shape index (κ2) is 5.31. The van der Waals surface area contributed by atoms with Gasteiger partial charge in [0.15, 0.2) is 0 Å². The second-order valence-corrected chi connectivity index (χ2v) is 4.82. The Morgan fingerprint density at radius 1 is 1.38 bits per heavy atom. The molecule has 1 N–H and O–H groups in total. The van der Waals surface area contributed by atoms with Crippen LogP contribution < -0.4 is 5.32 Å². The maximum atomic E-state index is 11.3. The zero-order valence-electron chi connectivity index (χ0n) is 9.61. The SMILES string of the molecule is N#CCC(=O)NC1CCN(C2CCCC2)C1. The van der Waals surface area contributed by atoms with Crippen molar-refractivity contribution < 1.29 is 4.79 Å². The van der Waals surface area contributed by atoms with E-state index >= 15 is 0 Å². The average Bonchev–Trinajstić information content (AvgIpc) is 2.86. The Labute approximate surface area is 96.6 Å². The number of amides is 1. The van der Waals surface area contributed by atoms with Gasteiger partial charge in [-0.15, -0.1) is 0 Å². The van der Waals surface area contributed by atoms with E-state index in [0.717, 1.165) is 25.6 Å². The lowest BCUT2D eigenvalue weighted by Crippen LogP contribution is -2.39. The lowest BCUT2D eigenvalue weighted by molar-refractivity contribution is -0.120. The van der Waals surface area contributed by atoms with Gasteiger partial charge in [0, 0.05) is 25.2 Å². The first kappa shape index (κ1) is 11.4. The van der Waals surface area contributed by atoms with Crippen LogP contribution in [0, 0.1) is 11.3 Å². The van der Waals surface area contributed by atoms with Crippen LogP contribution >= 0.6 is 0 Å². The molecule has 2 aliphatic rings. The Hall–Kier alpha value is -1.08. The number of hydrogen-bond acceptors (Lipinski definition) is 3. The number of rotatable bonds is 3. The third-order valence-corrected chi connectivity index (χ3v) is 3.67. The summed E-state index contributed by atoms with van der Waals surface area (Å²) in [6.07, 6.45) is 6.37. The van der Waals surface area contributed by atoms with Gasteiger partial charge in [0.2, 0.25) is 5.91 Å². The highest BCUT2D eigenvalue weighted by molar-refractivity contribution is 5.78. The molecule has 0 aromatic carbocycles. The maximum Gasteiger partial charge on any atom is 0.234 e. The molecule has 0 aromatic heterocycles. The van der Waals surface area contributed by atoms with Crippen LogP contribution in [0.3, 0.4) is 0 Å². The molecule has 0 radical (unpaired) electrons.